The predicted molar refractivity (Wildman–Crippen MR) is 106 cm³/mol. The molecule has 2 aliphatic heterocycles. The first kappa shape index (κ1) is 18.7. The monoisotopic (exact) mass is 443 g/mol. The molecule has 2 aliphatic rings. The van der Waals surface area contributed by atoms with Crippen molar-refractivity contribution >= 4 is 56.2 Å². The standard InChI is InChI=1S/C17H18BrNO4S2/c1-21-13-8-14(22-2)12(18)6-10(13)7-15-16(20)19(17(24)25-15)9-11-4-3-5-23-11/h6-8,11H,3-5,9H2,1-2H3/b15-7-/t11-/m1/s1. The number of carbonyl (C=O) groups excluding carboxylic acids is 1. The van der Waals surface area contributed by atoms with Crippen molar-refractivity contribution in [2.24, 2.45) is 0 Å². The van der Waals surface area contributed by atoms with Crippen molar-refractivity contribution in [1.29, 1.82) is 0 Å². The van der Waals surface area contributed by atoms with Crippen LogP contribution in [-0.2, 0) is 9.53 Å². The summed E-state index contributed by atoms with van der Waals surface area (Å²) in [7, 11) is 3.18. The molecule has 3 rings (SSSR count). The van der Waals surface area contributed by atoms with Gasteiger partial charge in [0.1, 0.15) is 15.8 Å². The fourth-order valence-corrected chi connectivity index (χ4v) is 4.58. The Morgan fingerprint density at radius 3 is 2.80 bits per heavy atom. The van der Waals surface area contributed by atoms with Gasteiger partial charge in [-0.15, -0.1) is 0 Å². The first-order chi connectivity index (χ1) is 12.0. The Hall–Kier alpha value is -1.09. The van der Waals surface area contributed by atoms with Gasteiger partial charge in [-0.3, -0.25) is 9.69 Å². The number of amides is 1. The van der Waals surface area contributed by atoms with Gasteiger partial charge in [0.15, 0.2) is 0 Å². The minimum absolute atomic E-state index is 0.0755. The van der Waals surface area contributed by atoms with E-state index in [2.05, 4.69) is 15.9 Å². The van der Waals surface area contributed by atoms with Gasteiger partial charge in [-0.25, -0.2) is 0 Å². The van der Waals surface area contributed by atoms with E-state index < -0.39 is 0 Å². The molecule has 0 radical (unpaired) electrons. The second kappa shape index (κ2) is 8.07. The maximum Gasteiger partial charge on any atom is 0.266 e. The molecule has 0 saturated carbocycles. The topological polar surface area (TPSA) is 48.0 Å². The fourth-order valence-electron chi connectivity index (χ4n) is 2.79. The molecule has 2 saturated heterocycles. The minimum Gasteiger partial charge on any atom is -0.496 e. The lowest BCUT2D eigenvalue weighted by molar-refractivity contribution is -0.123. The molecule has 0 bridgehead atoms. The van der Waals surface area contributed by atoms with Crippen LogP contribution in [-0.4, -0.2) is 48.6 Å². The van der Waals surface area contributed by atoms with Crippen LogP contribution in [0.1, 0.15) is 18.4 Å². The Kier molecular flexibility index (Phi) is 6.04. The van der Waals surface area contributed by atoms with Crippen LogP contribution in [0, 0.1) is 0 Å². The highest BCUT2D eigenvalue weighted by molar-refractivity contribution is 9.10. The Morgan fingerprint density at radius 1 is 1.40 bits per heavy atom. The van der Waals surface area contributed by atoms with Gasteiger partial charge in [0, 0.05) is 18.2 Å². The molecule has 1 atom stereocenters. The molecule has 1 aromatic carbocycles. The van der Waals surface area contributed by atoms with Crippen LogP contribution < -0.4 is 9.47 Å². The number of benzene rings is 1. The lowest BCUT2D eigenvalue weighted by atomic mass is 10.1. The van der Waals surface area contributed by atoms with Gasteiger partial charge in [0.2, 0.25) is 0 Å². The molecule has 8 heteroatoms. The minimum atomic E-state index is -0.0838. The zero-order valence-electron chi connectivity index (χ0n) is 13.9. The molecule has 2 fully saturated rings. The number of hydrogen-bond acceptors (Lipinski definition) is 6. The van der Waals surface area contributed by atoms with Crippen LogP contribution in [0.2, 0.25) is 0 Å². The second-order valence-corrected chi connectivity index (χ2v) is 8.19. The number of rotatable bonds is 5. The van der Waals surface area contributed by atoms with Crippen LogP contribution in [0.15, 0.2) is 21.5 Å². The van der Waals surface area contributed by atoms with E-state index in [-0.39, 0.29) is 12.0 Å². The van der Waals surface area contributed by atoms with Crippen molar-refractivity contribution in [3.63, 3.8) is 0 Å². The van der Waals surface area contributed by atoms with E-state index in [1.807, 2.05) is 6.07 Å². The van der Waals surface area contributed by atoms with Gasteiger partial charge >= 0.3 is 0 Å². The van der Waals surface area contributed by atoms with Crippen molar-refractivity contribution in [1.82, 2.24) is 4.90 Å². The summed E-state index contributed by atoms with van der Waals surface area (Å²) in [4.78, 5) is 14.9. The highest BCUT2D eigenvalue weighted by Gasteiger charge is 2.34. The number of ether oxygens (including phenoxy) is 3. The van der Waals surface area contributed by atoms with Crippen LogP contribution in [0.5, 0.6) is 11.5 Å². The molecule has 0 N–H and O–H groups in total. The summed E-state index contributed by atoms with van der Waals surface area (Å²) >= 11 is 10.2. The Bertz CT molecular complexity index is 732. The molecule has 0 spiro atoms. The quantitative estimate of drug-likeness (QED) is 0.508. The SMILES string of the molecule is COc1cc(OC)c(/C=C2\SC(=S)N(C[C@H]3CCCO3)C2=O)cc1Br. The predicted octanol–water partition coefficient (Wildman–Crippen LogP) is 3.85. The maximum atomic E-state index is 12.7. The zero-order valence-corrected chi connectivity index (χ0v) is 17.1. The van der Waals surface area contributed by atoms with Gasteiger partial charge in [0.25, 0.3) is 5.91 Å². The second-order valence-electron chi connectivity index (χ2n) is 5.66. The fraction of sp³-hybridized carbons (Fsp3) is 0.412. The number of carbonyl (C=O) groups is 1. The van der Waals surface area contributed by atoms with Crippen LogP contribution >= 0.6 is 39.9 Å². The van der Waals surface area contributed by atoms with Crippen molar-refractivity contribution < 1.29 is 19.0 Å². The molecular weight excluding hydrogens is 426 g/mol. The van der Waals surface area contributed by atoms with Crippen molar-refractivity contribution in [2.75, 3.05) is 27.4 Å². The largest absolute Gasteiger partial charge is 0.496 e. The van der Waals surface area contributed by atoms with Crippen LogP contribution in [0.3, 0.4) is 0 Å². The summed E-state index contributed by atoms with van der Waals surface area (Å²) in [5, 5.41) is 0. The molecule has 2 heterocycles. The van der Waals surface area contributed by atoms with E-state index in [0.29, 0.717) is 27.3 Å². The third-order valence-corrected chi connectivity index (χ3v) is 6.07. The number of thiocarbonyl (C=S) groups is 1. The molecule has 0 aromatic heterocycles. The number of halogens is 1. The zero-order chi connectivity index (χ0) is 18.0. The highest BCUT2D eigenvalue weighted by atomic mass is 79.9. The highest BCUT2D eigenvalue weighted by Crippen LogP contribution is 2.38. The van der Waals surface area contributed by atoms with Gasteiger partial charge in [-0.2, -0.15) is 0 Å². The first-order valence-corrected chi connectivity index (χ1v) is 9.83. The Labute approximate surface area is 164 Å². The number of hydrogen-bond donors (Lipinski definition) is 0. The van der Waals surface area contributed by atoms with E-state index in [1.165, 1.54) is 11.8 Å². The van der Waals surface area contributed by atoms with E-state index in [0.717, 1.165) is 29.5 Å². The molecular formula is C17H18BrNO4S2. The maximum absolute atomic E-state index is 12.7. The van der Waals surface area contributed by atoms with E-state index in [4.69, 9.17) is 26.4 Å². The normalized spacial score (nSPS) is 22.1. The van der Waals surface area contributed by atoms with E-state index >= 15 is 0 Å². The van der Waals surface area contributed by atoms with Gasteiger partial charge < -0.3 is 14.2 Å². The molecule has 0 unspecified atom stereocenters. The van der Waals surface area contributed by atoms with Gasteiger partial charge in [-0.05, 0) is 40.9 Å². The number of nitrogens with zero attached hydrogens (tertiary/aromatic N) is 1. The average Bonchev–Trinajstić information content (AvgIpc) is 3.19. The molecule has 134 valence electrons. The third-order valence-electron chi connectivity index (χ3n) is 4.07. The summed E-state index contributed by atoms with van der Waals surface area (Å²) < 4.78 is 17.7. The summed E-state index contributed by atoms with van der Waals surface area (Å²) in [5.41, 5.74) is 0.785. The number of thioether (sulfide) groups is 1. The Morgan fingerprint density at radius 2 is 2.16 bits per heavy atom. The molecule has 25 heavy (non-hydrogen) atoms. The van der Waals surface area contributed by atoms with Crippen molar-refractivity contribution in [2.45, 2.75) is 18.9 Å². The molecule has 1 amide bonds. The Balaban J connectivity index is 1.85. The molecule has 0 aliphatic carbocycles. The summed E-state index contributed by atoms with van der Waals surface area (Å²) in [6.07, 6.45) is 3.88. The number of methoxy groups -OCH3 is 2. The summed E-state index contributed by atoms with van der Waals surface area (Å²) in [5.74, 6) is 1.21. The average molecular weight is 444 g/mol. The lowest BCUT2D eigenvalue weighted by Gasteiger charge is -2.18. The lowest BCUT2D eigenvalue weighted by Crippen LogP contribution is -2.35. The smallest absolute Gasteiger partial charge is 0.266 e. The van der Waals surface area contributed by atoms with Crippen molar-refractivity contribution in [3.8, 4) is 11.5 Å². The van der Waals surface area contributed by atoms with Crippen LogP contribution in [0.25, 0.3) is 6.08 Å². The summed E-state index contributed by atoms with van der Waals surface area (Å²) in [6.45, 7) is 1.28. The van der Waals surface area contributed by atoms with Crippen molar-refractivity contribution in [3.05, 3.63) is 27.1 Å². The third kappa shape index (κ3) is 4.02. The summed E-state index contributed by atoms with van der Waals surface area (Å²) in [6, 6.07) is 3.65. The molecule has 5 nitrogen and oxygen atoms in total. The van der Waals surface area contributed by atoms with E-state index in [1.54, 1.807) is 31.3 Å². The molecule has 1 aromatic rings. The van der Waals surface area contributed by atoms with Gasteiger partial charge in [-0.1, -0.05) is 24.0 Å². The van der Waals surface area contributed by atoms with Crippen LogP contribution in [0.4, 0.5) is 0 Å². The van der Waals surface area contributed by atoms with E-state index in [9.17, 15) is 4.79 Å². The van der Waals surface area contributed by atoms with Gasteiger partial charge in [0.05, 0.1) is 36.2 Å². The first-order valence-electron chi connectivity index (χ1n) is 7.82.